The van der Waals surface area contributed by atoms with Gasteiger partial charge in [-0.25, -0.2) is 8.78 Å². The largest absolute Gasteiger partial charge is 0.314 e. The van der Waals surface area contributed by atoms with Gasteiger partial charge >= 0.3 is 0 Å². The molecular formula is C15H22Cl2F2N2. The molecule has 1 atom stereocenters. The van der Waals surface area contributed by atoms with Crippen molar-refractivity contribution in [3.05, 3.63) is 35.4 Å². The van der Waals surface area contributed by atoms with Gasteiger partial charge in [0.2, 0.25) is 0 Å². The number of piperazine rings is 1. The highest BCUT2D eigenvalue weighted by molar-refractivity contribution is 5.85. The van der Waals surface area contributed by atoms with Crippen LogP contribution in [0.15, 0.2) is 18.2 Å². The lowest BCUT2D eigenvalue weighted by molar-refractivity contribution is 0.154. The molecule has 1 N–H and O–H groups in total. The van der Waals surface area contributed by atoms with Crippen LogP contribution in [-0.4, -0.2) is 31.1 Å². The van der Waals surface area contributed by atoms with Gasteiger partial charge in [0.1, 0.15) is 11.6 Å². The molecule has 0 radical (unpaired) electrons. The lowest BCUT2D eigenvalue weighted by atomic mass is 9.97. The van der Waals surface area contributed by atoms with Crippen LogP contribution in [0.1, 0.15) is 30.9 Å². The Bertz CT molecular complexity index is 429. The normalized spacial score (nSPS) is 20.3. The molecule has 0 aromatic heterocycles. The first kappa shape index (κ1) is 18.6. The first-order chi connectivity index (χ1) is 9.25. The van der Waals surface area contributed by atoms with Gasteiger partial charge in [0.15, 0.2) is 0 Å². The second-order valence-corrected chi connectivity index (χ2v) is 5.62. The van der Waals surface area contributed by atoms with Crippen LogP contribution in [0.5, 0.6) is 0 Å². The summed E-state index contributed by atoms with van der Waals surface area (Å²) >= 11 is 0. The minimum Gasteiger partial charge on any atom is -0.314 e. The zero-order chi connectivity index (χ0) is 13.2. The molecule has 2 aliphatic rings. The number of nitrogens with one attached hydrogen (secondary N) is 1. The fraction of sp³-hybridized carbons (Fsp3) is 0.600. The van der Waals surface area contributed by atoms with E-state index in [9.17, 15) is 8.78 Å². The third-order valence-electron chi connectivity index (χ3n) is 4.18. The zero-order valence-corrected chi connectivity index (χ0v) is 13.5. The Morgan fingerprint density at radius 1 is 1.10 bits per heavy atom. The number of hydrogen-bond donors (Lipinski definition) is 1. The topological polar surface area (TPSA) is 15.3 Å². The third kappa shape index (κ3) is 4.52. The van der Waals surface area contributed by atoms with E-state index in [1.807, 2.05) is 0 Å². The lowest BCUT2D eigenvalue weighted by Crippen LogP contribution is -2.45. The van der Waals surface area contributed by atoms with Gasteiger partial charge in [0.25, 0.3) is 0 Å². The van der Waals surface area contributed by atoms with E-state index in [0.717, 1.165) is 32.6 Å². The average molecular weight is 339 g/mol. The van der Waals surface area contributed by atoms with E-state index in [1.54, 1.807) is 0 Å². The molecule has 6 heteroatoms. The summed E-state index contributed by atoms with van der Waals surface area (Å²) < 4.78 is 28.1. The SMILES string of the molecule is Cl.Cl.Fc1cccc(F)c1[C@@H](CC1CC1)N1CCNCC1. The van der Waals surface area contributed by atoms with Crippen LogP contribution in [-0.2, 0) is 0 Å². The monoisotopic (exact) mass is 338 g/mol. The number of benzene rings is 1. The van der Waals surface area contributed by atoms with Gasteiger partial charge < -0.3 is 5.32 Å². The summed E-state index contributed by atoms with van der Waals surface area (Å²) in [6.45, 7) is 3.53. The zero-order valence-electron chi connectivity index (χ0n) is 11.9. The van der Waals surface area contributed by atoms with Crippen LogP contribution >= 0.6 is 24.8 Å². The van der Waals surface area contributed by atoms with Crippen LogP contribution in [0.25, 0.3) is 0 Å². The molecule has 0 amide bonds. The van der Waals surface area contributed by atoms with Crippen molar-refractivity contribution in [2.24, 2.45) is 5.92 Å². The van der Waals surface area contributed by atoms with Gasteiger partial charge in [0, 0.05) is 37.8 Å². The van der Waals surface area contributed by atoms with Crippen LogP contribution in [0, 0.1) is 17.6 Å². The molecule has 0 spiro atoms. The predicted octanol–water partition coefficient (Wildman–Crippen LogP) is 3.55. The highest BCUT2D eigenvalue weighted by atomic mass is 35.5. The molecule has 120 valence electrons. The first-order valence-corrected chi connectivity index (χ1v) is 7.14. The van der Waals surface area contributed by atoms with E-state index < -0.39 is 11.6 Å². The first-order valence-electron chi connectivity index (χ1n) is 7.14. The van der Waals surface area contributed by atoms with Crippen molar-refractivity contribution in [2.75, 3.05) is 26.2 Å². The fourth-order valence-corrected chi connectivity index (χ4v) is 2.94. The van der Waals surface area contributed by atoms with Crippen molar-refractivity contribution < 1.29 is 8.78 Å². The third-order valence-corrected chi connectivity index (χ3v) is 4.18. The molecular weight excluding hydrogens is 317 g/mol. The second kappa shape index (κ2) is 8.28. The number of rotatable bonds is 4. The Kier molecular flexibility index (Phi) is 7.34. The summed E-state index contributed by atoms with van der Waals surface area (Å²) in [5.41, 5.74) is 0.274. The lowest BCUT2D eigenvalue weighted by Gasteiger charge is -2.35. The van der Waals surface area contributed by atoms with Crippen molar-refractivity contribution in [1.82, 2.24) is 10.2 Å². The summed E-state index contributed by atoms with van der Waals surface area (Å²) in [6, 6.07) is 4.09. The second-order valence-electron chi connectivity index (χ2n) is 5.62. The molecule has 1 saturated carbocycles. The van der Waals surface area contributed by atoms with E-state index >= 15 is 0 Å². The van der Waals surface area contributed by atoms with Crippen LogP contribution in [0.2, 0.25) is 0 Å². The average Bonchev–Trinajstić information content (AvgIpc) is 3.22. The Labute approximate surface area is 137 Å². The molecule has 2 nitrogen and oxygen atoms in total. The Balaban J connectivity index is 0.00000110. The smallest absolute Gasteiger partial charge is 0.130 e. The molecule has 1 aromatic carbocycles. The number of halogens is 4. The van der Waals surface area contributed by atoms with Gasteiger partial charge in [0.05, 0.1) is 0 Å². The Morgan fingerprint density at radius 2 is 1.67 bits per heavy atom. The molecule has 0 unspecified atom stereocenters. The van der Waals surface area contributed by atoms with Crippen molar-refractivity contribution in [2.45, 2.75) is 25.3 Å². The maximum absolute atomic E-state index is 14.0. The van der Waals surface area contributed by atoms with Crippen LogP contribution < -0.4 is 5.32 Å². The molecule has 1 saturated heterocycles. The van der Waals surface area contributed by atoms with Crippen molar-refractivity contribution in [1.29, 1.82) is 0 Å². The minimum absolute atomic E-state index is 0. The van der Waals surface area contributed by atoms with Crippen LogP contribution in [0.3, 0.4) is 0 Å². The van der Waals surface area contributed by atoms with Gasteiger partial charge in [-0.15, -0.1) is 24.8 Å². The highest BCUT2D eigenvalue weighted by Gasteiger charge is 2.33. The van der Waals surface area contributed by atoms with E-state index in [1.165, 1.54) is 31.0 Å². The molecule has 1 heterocycles. The molecule has 1 aliphatic heterocycles. The Morgan fingerprint density at radius 3 is 2.19 bits per heavy atom. The van der Waals surface area contributed by atoms with Crippen LogP contribution in [0.4, 0.5) is 8.78 Å². The number of hydrogen-bond acceptors (Lipinski definition) is 2. The minimum atomic E-state index is -0.399. The maximum atomic E-state index is 14.0. The fourth-order valence-electron chi connectivity index (χ4n) is 2.94. The van der Waals surface area contributed by atoms with Gasteiger partial charge in [-0.05, 0) is 24.5 Å². The predicted molar refractivity (Wildman–Crippen MR) is 85.4 cm³/mol. The van der Waals surface area contributed by atoms with Gasteiger partial charge in [-0.3, -0.25) is 4.90 Å². The quantitative estimate of drug-likeness (QED) is 0.902. The van der Waals surface area contributed by atoms with Crippen molar-refractivity contribution >= 4 is 24.8 Å². The molecule has 2 fully saturated rings. The number of nitrogens with zero attached hydrogens (tertiary/aromatic N) is 1. The molecule has 3 rings (SSSR count). The van der Waals surface area contributed by atoms with Crippen molar-refractivity contribution in [3.63, 3.8) is 0 Å². The Hall–Kier alpha value is -0.420. The van der Waals surface area contributed by atoms with Gasteiger partial charge in [-0.2, -0.15) is 0 Å². The van der Waals surface area contributed by atoms with Crippen molar-refractivity contribution in [3.8, 4) is 0 Å². The van der Waals surface area contributed by atoms with E-state index in [-0.39, 0.29) is 36.4 Å². The molecule has 1 aromatic rings. The summed E-state index contributed by atoms with van der Waals surface area (Å²) in [5.74, 6) is -0.146. The summed E-state index contributed by atoms with van der Waals surface area (Å²) in [5, 5.41) is 3.29. The van der Waals surface area contributed by atoms with E-state index in [4.69, 9.17) is 0 Å². The summed E-state index contributed by atoms with van der Waals surface area (Å²) in [7, 11) is 0. The highest BCUT2D eigenvalue weighted by Crippen LogP contribution is 2.41. The van der Waals surface area contributed by atoms with E-state index in [0.29, 0.717) is 5.92 Å². The maximum Gasteiger partial charge on any atom is 0.130 e. The summed E-state index contributed by atoms with van der Waals surface area (Å²) in [4.78, 5) is 2.23. The molecule has 0 bridgehead atoms. The molecule has 21 heavy (non-hydrogen) atoms. The standard InChI is InChI=1S/C15H20F2N2.2ClH/c16-12-2-1-3-13(17)15(12)14(10-11-4-5-11)19-8-6-18-7-9-19;;/h1-3,11,14,18H,4-10H2;2*1H/t14-;;/m1../s1. The van der Waals surface area contributed by atoms with Gasteiger partial charge in [-0.1, -0.05) is 18.9 Å². The van der Waals surface area contributed by atoms with E-state index in [2.05, 4.69) is 10.2 Å². The summed E-state index contributed by atoms with van der Waals surface area (Å²) in [6.07, 6.45) is 3.30. The molecule has 1 aliphatic carbocycles.